The molecule has 19 heavy (non-hydrogen) atoms. The SMILES string of the molecule is O=C(O)COC1CCN(C(=O)c2ccccn2)CC1. The summed E-state index contributed by atoms with van der Waals surface area (Å²) in [6.45, 7) is 0.859. The average Bonchev–Trinajstić information content (AvgIpc) is 2.46. The summed E-state index contributed by atoms with van der Waals surface area (Å²) in [7, 11) is 0. The van der Waals surface area contributed by atoms with Crippen LogP contribution < -0.4 is 0 Å². The molecule has 6 nitrogen and oxygen atoms in total. The first-order valence-electron chi connectivity index (χ1n) is 6.20. The van der Waals surface area contributed by atoms with Crippen LogP contribution in [0, 0.1) is 0 Å². The molecule has 0 radical (unpaired) electrons. The summed E-state index contributed by atoms with van der Waals surface area (Å²) in [6.07, 6.45) is 2.83. The first-order chi connectivity index (χ1) is 9.16. The minimum absolute atomic E-state index is 0.0797. The van der Waals surface area contributed by atoms with Gasteiger partial charge in [-0.1, -0.05) is 6.07 Å². The number of aromatic nitrogens is 1. The molecule has 1 saturated heterocycles. The van der Waals surface area contributed by atoms with Crippen molar-refractivity contribution in [1.82, 2.24) is 9.88 Å². The molecule has 0 saturated carbocycles. The van der Waals surface area contributed by atoms with Crippen LogP contribution in [0.3, 0.4) is 0 Å². The Morgan fingerprint density at radius 3 is 2.68 bits per heavy atom. The molecule has 2 rings (SSSR count). The zero-order valence-electron chi connectivity index (χ0n) is 10.5. The van der Waals surface area contributed by atoms with Gasteiger partial charge in [0.25, 0.3) is 5.91 Å². The van der Waals surface area contributed by atoms with Gasteiger partial charge >= 0.3 is 5.97 Å². The maximum Gasteiger partial charge on any atom is 0.329 e. The first kappa shape index (κ1) is 13.5. The molecule has 0 atom stereocenters. The third-order valence-electron chi connectivity index (χ3n) is 3.06. The second-order valence-corrected chi connectivity index (χ2v) is 4.41. The highest BCUT2D eigenvalue weighted by Gasteiger charge is 2.24. The molecular formula is C13H16N2O4. The number of hydrogen-bond donors (Lipinski definition) is 1. The van der Waals surface area contributed by atoms with E-state index in [1.54, 1.807) is 29.3 Å². The van der Waals surface area contributed by atoms with Crippen LogP contribution in [-0.4, -0.2) is 52.7 Å². The van der Waals surface area contributed by atoms with Gasteiger partial charge in [-0.25, -0.2) is 4.79 Å². The van der Waals surface area contributed by atoms with Crippen molar-refractivity contribution in [3.8, 4) is 0 Å². The summed E-state index contributed by atoms with van der Waals surface area (Å²) < 4.78 is 5.23. The highest BCUT2D eigenvalue weighted by atomic mass is 16.5. The van der Waals surface area contributed by atoms with E-state index in [0.29, 0.717) is 31.6 Å². The zero-order chi connectivity index (χ0) is 13.7. The number of aliphatic carboxylic acids is 1. The molecule has 2 heterocycles. The van der Waals surface area contributed by atoms with Crippen molar-refractivity contribution in [2.24, 2.45) is 0 Å². The van der Waals surface area contributed by atoms with Crippen molar-refractivity contribution in [2.45, 2.75) is 18.9 Å². The average molecular weight is 264 g/mol. The van der Waals surface area contributed by atoms with Crippen LogP contribution in [0.4, 0.5) is 0 Å². The Morgan fingerprint density at radius 1 is 1.37 bits per heavy atom. The molecule has 1 aliphatic rings. The van der Waals surface area contributed by atoms with Crippen LogP contribution >= 0.6 is 0 Å². The molecule has 6 heteroatoms. The first-order valence-corrected chi connectivity index (χ1v) is 6.20. The Balaban J connectivity index is 1.83. The topological polar surface area (TPSA) is 79.7 Å². The number of pyridine rings is 1. The molecule has 1 aliphatic heterocycles. The van der Waals surface area contributed by atoms with E-state index < -0.39 is 5.97 Å². The minimum atomic E-state index is -0.966. The second kappa shape index (κ2) is 6.29. The summed E-state index contributed by atoms with van der Waals surface area (Å²) in [5.41, 5.74) is 0.437. The highest BCUT2D eigenvalue weighted by Crippen LogP contribution is 2.15. The maximum atomic E-state index is 12.1. The molecule has 1 N–H and O–H groups in total. The van der Waals surface area contributed by atoms with Crippen LogP contribution in [0.5, 0.6) is 0 Å². The Morgan fingerprint density at radius 2 is 2.11 bits per heavy atom. The lowest BCUT2D eigenvalue weighted by atomic mass is 10.1. The summed E-state index contributed by atoms with van der Waals surface area (Å²) in [4.78, 5) is 28.3. The number of carboxylic acid groups (broad SMARTS) is 1. The molecule has 1 amide bonds. The van der Waals surface area contributed by atoms with Gasteiger partial charge < -0.3 is 14.7 Å². The quantitative estimate of drug-likeness (QED) is 0.869. The highest BCUT2D eigenvalue weighted by molar-refractivity contribution is 5.92. The van der Waals surface area contributed by atoms with Crippen molar-refractivity contribution in [1.29, 1.82) is 0 Å². The van der Waals surface area contributed by atoms with Crippen molar-refractivity contribution >= 4 is 11.9 Å². The molecule has 0 aromatic carbocycles. The Hall–Kier alpha value is -1.95. The van der Waals surface area contributed by atoms with Gasteiger partial charge in [0.05, 0.1) is 6.10 Å². The fraction of sp³-hybridized carbons (Fsp3) is 0.462. The number of rotatable bonds is 4. The smallest absolute Gasteiger partial charge is 0.329 e. The van der Waals surface area contributed by atoms with E-state index in [9.17, 15) is 9.59 Å². The van der Waals surface area contributed by atoms with Crippen LogP contribution in [-0.2, 0) is 9.53 Å². The number of hydrogen-bond acceptors (Lipinski definition) is 4. The Kier molecular flexibility index (Phi) is 4.46. The lowest BCUT2D eigenvalue weighted by molar-refractivity contribution is -0.145. The van der Waals surface area contributed by atoms with E-state index in [-0.39, 0.29) is 18.6 Å². The Labute approximate surface area is 111 Å². The zero-order valence-corrected chi connectivity index (χ0v) is 10.5. The number of likely N-dealkylation sites (tertiary alicyclic amines) is 1. The lowest BCUT2D eigenvalue weighted by Gasteiger charge is -2.31. The van der Waals surface area contributed by atoms with E-state index in [1.807, 2.05) is 0 Å². The third kappa shape index (κ3) is 3.75. The van der Waals surface area contributed by atoms with Crippen molar-refractivity contribution in [2.75, 3.05) is 19.7 Å². The van der Waals surface area contributed by atoms with Crippen molar-refractivity contribution < 1.29 is 19.4 Å². The van der Waals surface area contributed by atoms with Gasteiger partial charge in [0.15, 0.2) is 0 Å². The predicted molar refractivity (Wildman–Crippen MR) is 66.8 cm³/mol. The molecule has 1 fully saturated rings. The minimum Gasteiger partial charge on any atom is -0.480 e. The number of piperidine rings is 1. The number of ether oxygens (including phenoxy) is 1. The second-order valence-electron chi connectivity index (χ2n) is 4.41. The number of nitrogens with zero attached hydrogens (tertiary/aromatic N) is 2. The third-order valence-corrected chi connectivity index (χ3v) is 3.06. The van der Waals surface area contributed by atoms with Crippen molar-refractivity contribution in [3.05, 3.63) is 30.1 Å². The van der Waals surface area contributed by atoms with Gasteiger partial charge in [-0.2, -0.15) is 0 Å². The largest absolute Gasteiger partial charge is 0.480 e. The summed E-state index contributed by atoms with van der Waals surface area (Å²) in [6, 6.07) is 5.24. The normalized spacial score (nSPS) is 16.3. The predicted octanol–water partition coefficient (Wildman–Crippen LogP) is 0.787. The number of amides is 1. The van der Waals surface area contributed by atoms with Gasteiger partial charge in [0.2, 0.25) is 0 Å². The Bertz CT molecular complexity index is 441. The van der Waals surface area contributed by atoms with E-state index in [1.165, 1.54) is 0 Å². The van der Waals surface area contributed by atoms with Crippen LogP contribution in [0.1, 0.15) is 23.3 Å². The number of carboxylic acids is 1. The maximum absolute atomic E-state index is 12.1. The van der Waals surface area contributed by atoms with Gasteiger partial charge in [-0.05, 0) is 25.0 Å². The molecular weight excluding hydrogens is 248 g/mol. The molecule has 0 spiro atoms. The van der Waals surface area contributed by atoms with E-state index >= 15 is 0 Å². The molecule has 1 aromatic heterocycles. The number of carbonyl (C=O) groups is 2. The summed E-state index contributed by atoms with van der Waals surface area (Å²) in [5, 5.41) is 8.54. The van der Waals surface area contributed by atoms with Crippen LogP contribution in [0.25, 0.3) is 0 Å². The van der Waals surface area contributed by atoms with E-state index in [0.717, 1.165) is 0 Å². The fourth-order valence-corrected chi connectivity index (χ4v) is 2.07. The fourth-order valence-electron chi connectivity index (χ4n) is 2.07. The molecule has 102 valence electrons. The summed E-state index contributed by atoms with van der Waals surface area (Å²) >= 11 is 0. The molecule has 0 bridgehead atoms. The van der Waals surface area contributed by atoms with Crippen molar-refractivity contribution in [3.63, 3.8) is 0 Å². The van der Waals surface area contributed by atoms with E-state index in [2.05, 4.69) is 4.98 Å². The molecule has 0 unspecified atom stereocenters. The van der Waals surface area contributed by atoms with Gasteiger partial charge in [-0.3, -0.25) is 9.78 Å². The standard InChI is InChI=1S/C13H16N2O4/c16-12(17)9-19-10-4-7-15(8-5-10)13(18)11-3-1-2-6-14-11/h1-3,6,10H,4-5,7-9H2,(H,16,17). The van der Waals surface area contributed by atoms with Crippen LogP contribution in [0.2, 0.25) is 0 Å². The van der Waals surface area contributed by atoms with Gasteiger partial charge in [0, 0.05) is 19.3 Å². The van der Waals surface area contributed by atoms with Crippen LogP contribution in [0.15, 0.2) is 24.4 Å². The van der Waals surface area contributed by atoms with Gasteiger partial charge in [-0.15, -0.1) is 0 Å². The number of carbonyl (C=O) groups excluding carboxylic acids is 1. The monoisotopic (exact) mass is 264 g/mol. The van der Waals surface area contributed by atoms with E-state index in [4.69, 9.17) is 9.84 Å². The lowest BCUT2D eigenvalue weighted by Crippen LogP contribution is -2.41. The molecule has 1 aromatic rings. The summed E-state index contributed by atoms with van der Waals surface area (Å²) in [5.74, 6) is -1.05. The van der Waals surface area contributed by atoms with Gasteiger partial charge in [0.1, 0.15) is 12.3 Å². The molecule has 0 aliphatic carbocycles.